The van der Waals surface area contributed by atoms with Gasteiger partial charge in [-0.15, -0.1) is 0 Å². The van der Waals surface area contributed by atoms with Crippen molar-refractivity contribution in [3.8, 4) is 0 Å². The van der Waals surface area contributed by atoms with Crippen LogP contribution in [-0.4, -0.2) is 35.6 Å². The Labute approximate surface area is 109 Å². The highest BCUT2D eigenvalue weighted by atomic mass is 32.2. The third-order valence-corrected chi connectivity index (χ3v) is 3.79. The quantitative estimate of drug-likeness (QED) is 0.185. The SMILES string of the molecule is CCSCCCNCCCC(C)(C)C(N)=NO. The van der Waals surface area contributed by atoms with Crippen LogP contribution in [0.5, 0.6) is 0 Å². The fraction of sp³-hybridized carbons (Fsp3) is 0.917. The van der Waals surface area contributed by atoms with Crippen LogP contribution < -0.4 is 11.1 Å². The summed E-state index contributed by atoms with van der Waals surface area (Å²) in [6.45, 7) is 8.27. The van der Waals surface area contributed by atoms with Crippen molar-refractivity contribution in [1.82, 2.24) is 5.32 Å². The van der Waals surface area contributed by atoms with Gasteiger partial charge in [-0.25, -0.2) is 0 Å². The molecule has 0 amide bonds. The maximum Gasteiger partial charge on any atom is 0.144 e. The lowest BCUT2D eigenvalue weighted by molar-refractivity contribution is 0.304. The van der Waals surface area contributed by atoms with E-state index in [0.29, 0.717) is 5.84 Å². The molecule has 0 unspecified atom stereocenters. The molecule has 0 aliphatic carbocycles. The molecule has 0 fully saturated rings. The second-order valence-electron chi connectivity index (χ2n) is 4.77. The molecule has 5 heteroatoms. The summed E-state index contributed by atoms with van der Waals surface area (Å²) in [6, 6.07) is 0. The fourth-order valence-electron chi connectivity index (χ4n) is 1.49. The predicted molar refractivity (Wildman–Crippen MR) is 76.9 cm³/mol. The Morgan fingerprint density at radius 3 is 2.59 bits per heavy atom. The van der Waals surface area contributed by atoms with E-state index in [0.717, 1.165) is 25.9 Å². The van der Waals surface area contributed by atoms with Crippen LogP contribution in [-0.2, 0) is 0 Å². The molecule has 0 aliphatic rings. The standard InChI is InChI=1S/C12H27N3OS/c1-4-17-10-6-9-14-8-5-7-12(2,3)11(13)15-16/h14,16H,4-10H2,1-3H3,(H2,13,15). The molecule has 0 aromatic carbocycles. The van der Waals surface area contributed by atoms with Gasteiger partial charge in [-0.1, -0.05) is 25.9 Å². The van der Waals surface area contributed by atoms with Gasteiger partial charge in [-0.3, -0.25) is 0 Å². The maximum atomic E-state index is 8.64. The molecule has 0 saturated heterocycles. The van der Waals surface area contributed by atoms with E-state index in [4.69, 9.17) is 10.9 Å². The van der Waals surface area contributed by atoms with E-state index in [1.165, 1.54) is 17.9 Å². The van der Waals surface area contributed by atoms with Crippen LogP contribution in [0.3, 0.4) is 0 Å². The van der Waals surface area contributed by atoms with Crippen molar-refractivity contribution in [1.29, 1.82) is 0 Å². The van der Waals surface area contributed by atoms with Gasteiger partial charge in [-0.05, 0) is 43.9 Å². The lowest BCUT2D eigenvalue weighted by Crippen LogP contribution is -2.32. The summed E-state index contributed by atoms with van der Waals surface area (Å²) in [5, 5.41) is 15.1. The number of amidine groups is 1. The van der Waals surface area contributed by atoms with Gasteiger partial charge in [0.15, 0.2) is 0 Å². The molecular weight excluding hydrogens is 234 g/mol. The minimum absolute atomic E-state index is 0.214. The molecule has 0 spiro atoms. The topological polar surface area (TPSA) is 70.6 Å². The van der Waals surface area contributed by atoms with Crippen molar-refractivity contribution < 1.29 is 5.21 Å². The first-order valence-corrected chi connectivity index (χ1v) is 7.46. The molecular formula is C12H27N3OS. The van der Waals surface area contributed by atoms with Crippen molar-refractivity contribution >= 4 is 17.6 Å². The van der Waals surface area contributed by atoms with E-state index >= 15 is 0 Å². The number of nitrogens with one attached hydrogen (secondary N) is 1. The van der Waals surface area contributed by atoms with Crippen LogP contribution in [0.4, 0.5) is 0 Å². The summed E-state index contributed by atoms with van der Waals surface area (Å²) < 4.78 is 0. The number of thioether (sulfide) groups is 1. The molecule has 0 aliphatic heterocycles. The Bertz CT molecular complexity index is 220. The Hall–Kier alpha value is -0.420. The monoisotopic (exact) mass is 261 g/mol. The highest BCUT2D eigenvalue weighted by Crippen LogP contribution is 2.21. The molecule has 0 aromatic rings. The average molecular weight is 261 g/mol. The summed E-state index contributed by atoms with van der Waals surface area (Å²) in [7, 11) is 0. The van der Waals surface area contributed by atoms with E-state index in [9.17, 15) is 0 Å². The minimum atomic E-state index is -0.214. The number of rotatable bonds is 10. The summed E-state index contributed by atoms with van der Waals surface area (Å²) in [5.74, 6) is 2.75. The first-order chi connectivity index (χ1) is 8.04. The first kappa shape index (κ1) is 16.6. The first-order valence-electron chi connectivity index (χ1n) is 6.31. The van der Waals surface area contributed by atoms with E-state index in [-0.39, 0.29) is 5.41 Å². The van der Waals surface area contributed by atoms with Crippen LogP contribution in [0.1, 0.15) is 40.0 Å². The van der Waals surface area contributed by atoms with Gasteiger partial charge in [0.2, 0.25) is 0 Å². The van der Waals surface area contributed by atoms with E-state index in [1.54, 1.807) is 0 Å². The molecule has 0 aromatic heterocycles. The lowest BCUT2D eigenvalue weighted by Gasteiger charge is -2.22. The van der Waals surface area contributed by atoms with Crippen molar-refractivity contribution in [2.75, 3.05) is 24.6 Å². The van der Waals surface area contributed by atoms with Gasteiger partial charge in [0.05, 0.1) is 0 Å². The van der Waals surface area contributed by atoms with E-state index in [1.807, 2.05) is 25.6 Å². The largest absolute Gasteiger partial charge is 0.409 e. The van der Waals surface area contributed by atoms with Crippen molar-refractivity contribution in [2.45, 2.75) is 40.0 Å². The Kier molecular flexibility index (Phi) is 9.36. The Morgan fingerprint density at radius 1 is 1.35 bits per heavy atom. The van der Waals surface area contributed by atoms with Crippen molar-refractivity contribution in [3.05, 3.63) is 0 Å². The number of nitrogens with two attached hydrogens (primary N) is 1. The Morgan fingerprint density at radius 2 is 2.00 bits per heavy atom. The van der Waals surface area contributed by atoms with Crippen LogP contribution in [0, 0.1) is 5.41 Å². The van der Waals surface area contributed by atoms with Crippen molar-refractivity contribution in [2.24, 2.45) is 16.3 Å². The van der Waals surface area contributed by atoms with Crippen LogP contribution in [0.25, 0.3) is 0 Å². The van der Waals surface area contributed by atoms with Crippen LogP contribution in [0.2, 0.25) is 0 Å². The molecule has 0 atom stereocenters. The number of oxime groups is 1. The predicted octanol–water partition coefficient (Wildman–Crippen LogP) is 2.27. The molecule has 0 rings (SSSR count). The molecule has 4 nitrogen and oxygen atoms in total. The highest BCUT2D eigenvalue weighted by molar-refractivity contribution is 7.99. The van der Waals surface area contributed by atoms with E-state index < -0.39 is 0 Å². The average Bonchev–Trinajstić information content (AvgIpc) is 2.31. The molecule has 0 bridgehead atoms. The number of hydrogen-bond donors (Lipinski definition) is 3. The maximum absolute atomic E-state index is 8.64. The molecule has 4 N–H and O–H groups in total. The zero-order valence-corrected chi connectivity index (χ0v) is 12.1. The zero-order valence-electron chi connectivity index (χ0n) is 11.3. The second-order valence-corrected chi connectivity index (χ2v) is 6.17. The summed E-state index contributed by atoms with van der Waals surface area (Å²) >= 11 is 1.98. The second kappa shape index (κ2) is 9.59. The highest BCUT2D eigenvalue weighted by Gasteiger charge is 2.22. The van der Waals surface area contributed by atoms with Gasteiger partial charge < -0.3 is 16.3 Å². The van der Waals surface area contributed by atoms with Gasteiger partial charge in [0, 0.05) is 5.41 Å². The summed E-state index contributed by atoms with van der Waals surface area (Å²) in [4.78, 5) is 0. The van der Waals surface area contributed by atoms with Crippen LogP contribution >= 0.6 is 11.8 Å². The molecule has 0 radical (unpaired) electrons. The molecule has 0 heterocycles. The summed E-state index contributed by atoms with van der Waals surface area (Å²) in [6.07, 6.45) is 3.20. The fourth-order valence-corrected chi connectivity index (χ4v) is 2.12. The van der Waals surface area contributed by atoms with Crippen LogP contribution in [0.15, 0.2) is 5.16 Å². The third-order valence-electron chi connectivity index (χ3n) is 2.80. The minimum Gasteiger partial charge on any atom is -0.409 e. The van der Waals surface area contributed by atoms with Gasteiger partial charge in [0.25, 0.3) is 0 Å². The summed E-state index contributed by atoms with van der Waals surface area (Å²) in [5.41, 5.74) is 5.41. The Balaban J connectivity index is 3.45. The lowest BCUT2D eigenvalue weighted by atomic mass is 9.86. The van der Waals surface area contributed by atoms with Crippen molar-refractivity contribution in [3.63, 3.8) is 0 Å². The number of nitrogens with zero attached hydrogens (tertiary/aromatic N) is 1. The van der Waals surface area contributed by atoms with Gasteiger partial charge in [0.1, 0.15) is 5.84 Å². The smallest absolute Gasteiger partial charge is 0.144 e. The normalized spacial score (nSPS) is 13.0. The third kappa shape index (κ3) is 8.32. The zero-order chi connectivity index (χ0) is 13.1. The van der Waals surface area contributed by atoms with Gasteiger partial charge in [-0.2, -0.15) is 11.8 Å². The van der Waals surface area contributed by atoms with Gasteiger partial charge >= 0.3 is 0 Å². The molecule has 0 saturated carbocycles. The van der Waals surface area contributed by atoms with E-state index in [2.05, 4.69) is 17.4 Å². The number of hydrogen-bond acceptors (Lipinski definition) is 4. The molecule has 17 heavy (non-hydrogen) atoms. The molecule has 102 valence electrons.